The zero-order valence-corrected chi connectivity index (χ0v) is 13.8. The second-order valence-electron chi connectivity index (χ2n) is 5.92. The molecule has 1 aliphatic rings. The van der Waals surface area contributed by atoms with Gasteiger partial charge in [-0.3, -0.25) is 9.59 Å². The summed E-state index contributed by atoms with van der Waals surface area (Å²) < 4.78 is 37.1. The summed E-state index contributed by atoms with van der Waals surface area (Å²) in [7, 11) is 0. The van der Waals surface area contributed by atoms with E-state index in [1.165, 1.54) is 4.88 Å². The van der Waals surface area contributed by atoms with Gasteiger partial charge in [-0.2, -0.15) is 13.2 Å². The quantitative estimate of drug-likeness (QED) is 0.889. The van der Waals surface area contributed by atoms with E-state index < -0.39 is 24.5 Å². The van der Waals surface area contributed by atoms with Crippen molar-refractivity contribution in [2.24, 2.45) is 5.92 Å². The molecule has 2 atom stereocenters. The third kappa shape index (κ3) is 5.23. The van der Waals surface area contributed by atoms with Crippen LogP contribution in [0.5, 0.6) is 0 Å². The number of nitrogens with one attached hydrogen (secondary N) is 1. The largest absolute Gasteiger partial charge is 0.406 e. The first-order valence-corrected chi connectivity index (χ1v) is 8.16. The lowest BCUT2D eigenvalue weighted by molar-refractivity contribution is -0.157. The van der Waals surface area contributed by atoms with E-state index in [1.54, 1.807) is 11.3 Å². The van der Waals surface area contributed by atoms with Gasteiger partial charge in [0.25, 0.3) is 0 Å². The van der Waals surface area contributed by atoms with Crippen LogP contribution in [-0.2, 0) is 16.0 Å². The maximum absolute atomic E-state index is 12.4. The van der Waals surface area contributed by atoms with Crippen LogP contribution in [-0.4, -0.2) is 42.0 Å². The Balaban J connectivity index is 1.85. The van der Waals surface area contributed by atoms with Crippen LogP contribution in [0.25, 0.3) is 0 Å². The van der Waals surface area contributed by atoms with Crippen LogP contribution in [0.2, 0.25) is 0 Å². The van der Waals surface area contributed by atoms with Crippen LogP contribution >= 0.6 is 11.3 Å². The van der Waals surface area contributed by atoms with Crippen molar-refractivity contribution >= 4 is 23.2 Å². The summed E-state index contributed by atoms with van der Waals surface area (Å²) in [4.78, 5) is 26.8. The Morgan fingerprint density at radius 1 is 1.48 bits per heavy atom. The van der Waals surface area contributed by atoms with Crippen molar-refractivity contribution in [3.8, 4) is 0 Å². The average Bonchev–Trinajstić information content (AvgIpc) is 2.95. The van der Waals surface area contributed by atoms with Crippen LogP contribution in [0.15, 0.2) is 12.1 Å². The Labute approximate surface area is 136 Å². The lowest BCUT2D eigenvalue weighted by Crippen LogP contribution is -2.40. The number of halogens is 3. The molecule has 0 bridgehead atoms. The lowest BCUT2D eigenvalue weighted by atomic mass is 10.1. The first-order chi connectivity index (χ1) is 10.6. The van der Waals surface area contributed by atoms with Gasteiger partial charge in [0.15, 0.2) is 0 Å². The molecule has 0 spiro atoms. The number of nitrogens with zero attached hydrogens (tertiary/aromatic N) is 1. The van der Waals surface area contributed by atoms with E-state index in [9.17, 15) is 22.8 Å². The molecule has 2 heterocycles. The molecule has 0 aromatic carbocycles. The van der Waals surface area contributed by atoms with Crippen LogP contribution in [0.1, 0.15) is 23.1 Å². The van der Waals surface area contributed by atoms with Crippen LogP contribution in [0.4, 0.5) is 13.2 Å². The number of carbonyl (C=O) groups is 2. The highest BCUT2D eigenvalue weighted by molar-refractivity contribution is 7.11. The number of carbonyl (C=O) groups excluding carboxylic acids is 2. The van der Waals surface area contributed by atoms with Crippen molar-refractivity contribution in [2.45, 2.75) is 38.9 Å². The third-order valence-electron chi connectivity index (χ3n) is 3.65. The van der Waals surface area contributed by atoms with Gasteiger partial charge in [0.2, 0.25) is 11.8 Å². The van der Waals surface area contributed by atoms with Crippen LogP contribution in [0, 0.1) is 12.8 Å². The van der Waals surface area contributed by atoms with E-state index in [4.69, 9.17) is 0 Å². The van der Waals surface area contributed by atoms with E-state index in [0.29, 0.717) is 11.3 Å². The standard InChI is InChI=1S/C15H19F3N2O2S/c1-9(5-12-4-3-10(2)23-12)19-14(22)11-6-13(21)20(7-11)8-15(16,17)18/h3-4,9,11H,5-8H2,1-2H3,(H,19,22)/t9-,11-/m1/s1. The molecule has 0 radical (unpaired) electrons. The molecule has 0 unspecified atom stereocenters. The summed E-state index contributed by atoms with van der Waals surface area (Å²) in [5.74, 6) is -1.69. The summed E-state index contributed by atoms with van der Waals surface area (Å²) in [6, 6.07) is 3.86. The summed E-state index contributed by atoms with van der Waals surface area (Å²) in [5.41, 5.74) is 0. The number of alkyl halides is 3. The van der Waals surface area contributed by atoms with Gasteiger partial charge in [-0.1, -0.05) is 0 Å². The molecule has 1 N–H and O–H groups in total. The summed E-state index contributed by atoms with van der Waals surface area (Å²) in [5, 5.41) is 2.79. The van der Waals surface area contributed by atoms with Crippen molar-refractivity contribution in [1.29, 1.82) is 0 Å². The predicted octanol–water partition coefficient (Wildman–Crippen LogP) is 2.51. The van der Waals surface area contributed by atoms with Crippen molar-refractivity contribution < 1.29 is 22.8 Å². The van der Waals surface area contributed by atoms with E-state index >= 15 is 0 Å². The summed E-state index contributed by atoms with van der Waals surface area (Å²) in [6.45, 7) is 2.38. The minimum atomic E-state index is -4.44. The maximum atomic E-state index is 12.4. The number of thiophene rings is 1. The minimum Gasteiger partial charge on any atom is -0.353 e. The first kappa shape index (κ1) is 17.8. The Morgan fingerprint density at radius 3 is 2.74 bits per heavy atom. The number of hydrogen-bond donors (Lipinski definition) is 1. The van der Waals surface area contributed by atoms with Gasteiger partial charge in [-0.15, -0.1) is 11.3 Å². The van der Waals surface area contributed by atoms with Crippen LogP contribution in [0.3, 0.4) is 0 Å². The van der Waals surface area contributed by atoms with Gasteiger partial charge in [-0.25, -0.2) is 0 Å². The zero-order valence-electron chi connectivity index (χ0n) is 12.9. The SMILES string of the molecule is Cc1ccc(C[C@@H](C)NC(=O)[C@@H]2CC(=O)N(CC(F)(F)F)C2)s1. The molecule has 8 heteroatoms. The second kappa shape index (κ2) is 6.90. The topological polar surface area (TPSA) is 49.4 Å². The number of amides is 2. The van der Waals surface area contributed by atoms with Crippen molar-refractivity contribution in [3.63, 3.8) is 0 Å². The van der Waals surface area contributed by atoms with Gasteiger partial charge in [0.1, 0.15) is 6.54 Å². The maximum Gasteiger partial charge on any atom is 0.406 e. The second-order valence-corrected chi connectivity index (χ2v) is 7.29. The van der Waals surface area contributed by atoms with Crippen molar-refractivity contribution in [1.82, 2.24) is 10.2 Å². The number of rotatable bonds is 5. The molecule has 0 saturated carbocycles. The molecule has 1 aromatic heterocycles. The highest BCUT2D eigenvalue weighted by Crippen LogP contribution is 2.24. The van der Waals surface area contributed by atoms with Gasteiger partial charge >= 0.3 is 6.18 Å². The van der Waals surface area contributed by atoms with Gasteiger partial charge < -0.3 is 10.2 Å². The van der Waals surface area contributed by atoms with E-state index in [2.05, 4.69) is 5.32 Å². The third-order valence-corrected chi connectivity index (χ3v) is 4.67. The zero-order chi connectivity index (χ0) is 17.2. The molecule has 2 amide bonds. The smallest absolute Gasteiger partial charge is 0.353 e. The Bertz CT molecular complexity index is 586. The Kier molecular flexibility index (Phi) is 5.33. The van der Waals surface area contributed by atoms with E-state index in [-0.39, 0.29) is 24.9 Å². The summed E-state index contributed by atoms with van der Waals surface area (Å²) >= 11 is 1.64. The normalized spacial score (nSPS) is 20.0. The molecule has 1 aliphatic heterocycles. The lowest BCUT2D eigenvalue weighted by Gasteiger charge is -2.19. The monoisotopic (exact) mass is 348 g/mol. The molecular formula is C15H19F3N2O2S. The van der Waals surface area contributed by atoms with E-state index in [0.717, 1.165) is 4.88 Å². The number of aryl methyl sites for hydroxylation is 1. The predicted molar refractivity (Wildman–Crippen MR) is 81.1 cm³/mol. The van der Waals surface area contributed by atoms with Crippen molar-refractivity contribution in [3.05, 3.63) is 21.9 Å². The minimum absolute atomic E-state index is 0.132. The number of likely N-dealkylation sites (tertiary alicyclic amines) is 1. The average molecular weight is 348 g/mol. The van der Waals surface area contributed by atoms with Gasteiger partial charge in [0.05, 0.1) is 5.92 Å². The number of hydrogen-bond acceptors (Lipinski definition) is 3. The molecule has 4 nitrogen and oxygen atoms in total. The molecule has 1 aromatic rings. The van der Waals surface area contributed by atoms with Gasteiger partial charge in [-0.05, 0) is 26.0 Å². The summed E-state index contributed by atoms with van der Waals surface area (Å²) in [6.07, 6.45) is -3.94. The molecule has 1 fully saturated rings. The molecule has 0 aliphatic carbocycles. The molecular weight excluding hydrogens is 329 g/mol. The Morgan fingerprint density at radius 2 is 2.17 bits per heavy atom. The Hall–Kier alpha value is -1.57. The fourth-order valence-corrected chi connectivity index (χ4v) is 3.64. The molecule has 23 heavy (non-hydrogen) atoms. The molecule has 128 valence electrons. The van der Waals surface area contributed by atoms with Crippen molar-refractivity contribution in [2.75, 3.05) is 13.1 Å². The van der Waals surface area contributed by atoms with Crippen LogP contribution < -0.4 is 5.32 Å². The van der Waals surface area contributed by atoms with Gasteiger partial charge in [0, 0.05) is 35.2 Å². The highest BCUT2D eigenvalue weighted by Gasteiger charge is 2.40. The molecule has 1 saturated heterocycles. The molecule has 2 rings (SSSR count). The van der Waals surface area contributed by atoms with E-state index in [1.807, 2.05) is 26.0 Å². The fraction of sp³-hybridized carbons (Fsp3) is 0.600. The first-order valence-electron chi connectivity index (χ1n) is 7.34. The highest BCUT2D eigenvalue weighted by atomic mass is 32.1. The fourth-order valence-electron chi connectivity index (χ4n) is 2.63.